The molecular weight excluding hydrogens is 170 g/mol. The minimum Gasteiger partial charge on any atom is -0.370 e. The number of ether oxygens (including phenoxy) is 1. The van der Waals surface area contributed by atoms with Crippen LogP contribution < -0.4 is 11.1 Å². The number of alkyl halides is 2. The van der Waals surface area contributed by atoms with E-state index in [9.17, 15) is 13.6 Å². The van der Waals surface area contributed by atoms with Crippen LogP contribution in [-0.4, -0.2) is 38.6 Å². The minimum atomic E-state index is -2.36. The number of carbonyl (C=O) groups excluding carboxylic acids is 1. The summed E-state index contributed by atoms with van der Waals surface area (Å²) in [6, 6.07) is 0. The molecule has 0 aromatic heterocycles. The van der Waals surface area contributed by atoms with Crippen LogP contribution in [0.15, 0.2) is 0 Å². The fourth-order valence-corrected chi connectivity index (χ4v) is 0.528. The second-order valence-corrected chi connectivity index (χ2v) is 2.11. The highest BCUT2D eigenvalue weighted by molar-refractivity contribution is 5.74. The summed E-state index contributed by atoms with van der Waals surface area (Å²) in [6.07, 6.45) is -2.36. The number of nitrogens with one attached hydrogen (secondary N) is 1. The summed E-state index contributed by atoms with van der Waals surface area (Å²) in [5.41, 5.74) is 4.75. The Hall–Kier alpha value is -0.750. The van der Waals surface area contributed by atoms with E-state index in [1.807, 2.05) is 0 Å². The van der Waals surface area contributed by atoms with Crippen LogP contribution >= 0.6 is 0 Å². The molecule has 3 N–H and O–H groups in total. The second kappa shape index (κ2) is 6.93. The maximum atomic E-state index is 11.5. The average Bonchev–Trinajstić information content (AvgIpc) is 1.95. The molecule has 12 heavy (non-hydrogen) atoms. The maximum absolute atomic E-state index is 11.5. The Morgan fingerprint density at radius 1 is 1.58 bits per heavy atom. The topological polar surface area (TPSA) is 64.4 Å². The van der Waals surface area contributed by atoms with E-state index in [0.29, 0.717) is 0 Å². The summed E-state index contributed by atoms with van der Waals surface area (Å²) in [7, 11) is 0. The van der Waals surface area contributed by atoms with E-state index in [1.54, 1.807) is 0 Å². The van der Waals surface area contributed by atoms with Crippen LogP contribution in [0.4, 0.5) is 8.78 Å². The number of nitrogens with two attached hydrogens (primary N) is 1. The van der Waals surface area contributed by atoms with Gasteiger partial charge in [-0.05, 0) is 0 Å². The molecule has 0 aliphatic carbocycles. The summed E-state index contributed by atoms with van der Waals surface area (Å²) in [6.45, 7) is -0.0381. The molecule has 4 nitrogen and oxygen atoms in total. The summed E-state index contributed by atoms with van der Waals surface area (Å²) in [5, 5.41) is 2.43. The van der Waals surface area contributed by atoms with Crippen molar-refractivity contribution in [2.75, 3.05) is 26.3 Å². The van der Waals surface area contributed by atoms with Crippen molar-refractivity contribution in [1.29, 1.82) is 0 Å². The molecule has 0 unspecified atom stereocenters. The van der Waals surface area contributed by atoms with E-state index in [4.69, 9.17) is 10.5 Å². The van der Waals surface area contributed by atoms with Gasteiger partial charge in [-0.25, -0.2) is 8.78 Å². The Morgan fingerprint density at radius 3 is 2.75 bits per heavy atom. The highest BCUT2D eigenvalue weighted by atomic mass is 19.3. The molecule has 0 fully saturated rings. The molecule has 0 spiro atoms. The lowest BCUT2D eigenvalue weighted by Gasteiger charge is -2.03. The van der Waals surface area contributed by atoms with Crippen molar-refractivity contribution in [3.05, 3.63) is 0 Å². The molecule has 1 amide bonds. The van der Waals surface area contributed by atoms with Gasteiger partial charge in [-0.3, -0.25) is 4.79 Å². The van der Waals surface area contributed by atoms with Gasteiger partial charge < -0.3 is 15.8 Å². The Balaban J connectivity index is 2.96. The van der Waals surface area contributed by atoms with Gasteiger partial charge >= 0.3 is 0 Å². The first-order valence-electron chi connectivity index (χ1n) is 3.48. The highest BCUT2D eigenvalue weighted by Crippen LogP contribution is 1.86. The average molecular weight is 182 g/mol. The highest BCUT2D eigenvalue weighted by Gasteiger charge is 1.99. The van der Waals surface area contributed by atoms with Crippen molar-refractivity contribution in [3.8, 4) is 0 Å². The molecule has 0 aliphatic rings. The van der Waals surface area contributed by atoms with E-state index in [2.05, 4.69) is 5.32 Å². The Morgan fingerprint density at radius 2 is 2.25 bits per heavy atom. The fraction of sp³-hybridized carbons (Fsp3) is 0.833. The molecular formula is C6H12F2N2O2. The zero-order chi connectivity index (χ0) is 9.40. The van der Waals surface area contributed by atoms with Crippen molar-refractivity contribution in [2.24, 2.45) is 5.73 Å². The molecule has 72 valence electrons. The van der Waals surface area contributed by atoms with Crippen LogP contribution in [0.5, 0.6) is 0 Å². The van der Waals surface area contributed by atoms with Gasteiger partial charge in [0.25, 0.3) is 6.43 Å². The van der Waals surface area contributed by atoms with Crippen molar-refractivity contribution in [1.82, 2.24) is 5.32 Å². The van der Waals surface area contributed by atoms with Crippen LogP contribution in [0.2, 0.25) is 0 Å². The Labute approximate surface area is 69.1 Å². The van der Waals surface area contributed by atoms with Crippen LogP contribution in [0.25, 0.3) is 0 Å². The van der Waals surface area contributed by atoms with Gasteiger partial charge in [0.2, 0.25) is 5.91 Å². The first kappa shape index (κ1) is 11.2. The number of primary amides is 1. The minimum absolute atomic E-state index is 0.170. The van der Waals surface area contributed by atoms with Crippen LogP contribution in [0, 0.1) is 0 Å². The molecule has 0 saturated carbocycles. The van der Waals surface area contributed by atoms with Gasteiger partial charge in [0.05, 0.1) is 13.2 Å². The second-order valence-electron chi connectivity index (χ2n) is 2.11. The van der Waals surface area contributed by atoms with Gasteiger partial charge in [0.1, 0.15) is 6.61 Å². The van der Waals surface area contributed by atoms with E-state index in [1.165, 1.54) is 0 Å². The van der Waals surface area contributed by atoms with E-state index >= 15 is 0 Å². The molecule has 0 saturated heterocycles. The Bertz CT molecular complexity index is 133. The standard InChI is InChI=1S/C6H12F2N2O2/c7-5(8)3-10-1-2-12-4-6(9)11/h5,10H,1-4H2,(H2,9,11). The number of rotatable bonds is 7. The predicted octanol–water partition coefficient (Wildman–Crippen LogP) is -0.657. The Kier molecular flexibility index (Phi) is 6.50. The monoisotopic (exact) mass is 182 g/mol. The number of amides is 1. The molecule has 0 heterocycles. The van der Waals surface area contributed by atoms with Crippen molar-refractivity contribution in [2.45, 2.75) is 6.43 Å². The summed E-state index contributed by atoms with van der Waals surface area (Å²) >= 11 is 0. The molecule has 0 bridgehead atoms. The van der Waals surface area contributed by atoms with Crippen molar-refractivity contribution in [3.63, 3.8) is 0 Å². The van der Waals surface area contributed by atoms with E-state index < -0.39 is 12.3 Å². The van der Waals surface area contributed by atoms with Crippen molar-refractivity contribution >= 4 is 5.91 Å². The van der Waals surface area contributed by atoms with Crippen LogP contribution in [0.3, 0.4) is 0 Å². The molecule has 0 aromatic carbocycles. The summed E-state index contributed by atoms with van der Waals surface area (Å²) in [4.78, 5) is 10.1. The van der Waals surface area contributed by atoms with Gasteiger partial charge in [-0.2, -0.15) is 0 Å². The maximum Gasteiger partial charge on any atom is 0.250 e. The van der Waals surface area contributed by atoms with Gasteiger partial charge in [0, 0.05) is 6.54 Å². The zero-order valence-corrected chi connectivity index (χ0v) is 6.56. The third-order valence-corrected chi connectivity index (χ3v) is 0.966. The van der Waals surface area contributed by atoms with Gasteiger partial charge in [0.15, 0.2) is 0 Å². The normalized spacial score (nSPS) is 10.6. The molecule has 0 radical (unpaired) electrons. The lowest BCUT2D eigenvalue weighted by molar-refractivity contribution is -0.122. The van der Waals surface area contributed by atoms with E-state index in [-0.39, 0.29) is 26.3 Å². The van der Waals surface area contributed by atoms with Crippen LogP contribution in [0.1, 0.15) is 0 Å². The lowest BCUT2D eigenvalue weighted by atomic mass is 10.6. The largest absolute Gasteiger partial charge is 0.370 e. The van der Waals surface area contributed by atoms with E-state index in [0.717, 1.165) is 0 Å². The van der Waals surface area contributed by atoms with Gasteiger partial charge in [-0.1, -0.05) is 0 Å². The lowest BCUT2D eigenvalue weighted by Crippen LogP contribution is -2.27. The van der Waals surface area contributed by atoms with Crippen LogP contribution in [-0.2, 0) is 9.53 Å². The molecule has 0 atom stereocenters. The molecule has 0 aliphatic heterocycles. The first-order valence-corrected chi connectivity index (χ1v) is 3.48. The van der Waals surface area contributed by atoms with Crippen molar-refractivity contribution < 1.29 is 18.3 Å². The third kappa shape index (κ3) is 9.25. The number of halogens is 2. The summed E-state index contributed by atoms with van der Waals surface area (Å²) < 4.78 is 27.7. The molecule has 0 aromatic rings. The zero-order valence-electron chi connectivity index (χ0n) is 6.56. The molecule has 0 rings (SSSR count). The predicted molar refractivity (Wildman–Crippen MR) is 38.9 cm³/mol. The van der Waals surface area contributed by atoms with Gasteiger partial charge in [-0.15, -0.1) is 0 Å². The number of hydrogen-bond acceptors (Lipinski definition) is 3. The smallest absolute Gasteiger partial charge is 0.250 e. The summed E-state index contributed by atoms with van der Waals surface area (Å²) in [5.74, 6) is -0.566. The fourth-order valence-electron chi connectivity index (χ4n) is 0.528. The number of hydrogen-bond donors (Lipinski definition) is 2. The number of carbonyl (C=O) groups is 1. The molecule has 6 heteroatoms. The third-order valence-electron chi connectivity index (χ3n) is 0.966. The quantitative estimate of drug-likeness (QED) is 0.514. The SMILES string of the molecule is NC(=O)COCCNCC(F)F. The first-order chi connectivity index (χ1) is 5.63.